The molecule has 3 heterocycles. The zero-order valence-corrected chi connectivity index (χ0v) is 18.3. The van der Waals surface area contributed by atoms with Gasteiger partial charge in [-0.15, -0.1) is 0 Å². The minimum atomic E-state index is -0.158. The fraction of sp³-hybridized carbons (Fsp3) is 0.300. The number of nitrogens with one attached hydrogen (secondary N) is 1. The smallest absolute Gasteiger partial charge is 0.200 e. The van der Waals surface area contributed by atoms with E-state index in [9.17, 15) is 0 Å². The van der Waals surface area contributed by atoms with Crippen molar-refractivity contribution in [3.8, 4) is 5.69 Å². The van der Waals surface area contributed by atoms with E-state index in [-0.39, 0.29) is 6.04 Å². The van der Waals surface area contributed by atoms with Crippen molar-refractivity contribution in [1.82, 2.24) is 34.3 Å². The Bertz CT molecular complexity index is 1210. The maximum atomic E-state index is 6.33. The van der Waals surface area contributed by atoms with Gasteiger partial charge in [0.15, 0.2) is 10.6 Å². The number of aryl methyl sites for hydroxylation is 2. The maximum Gasteiger partial charge on any atom is 0.200 e. The van der Waals surface area contributed by atoms with Gasteiger partial charge in [0.05, 0.1) is 34.8 Å². The molecule has 0 saturated heterocycles. The highest BCUT2D eigenvalue weighted by Gasteiger charge is 2.22. The molecule has 0 saturated carbocycles. The van der Waals surface area contributed by atoms with Gasteiger partial charge in [0, 0.05) is 6.20 Å². The van der Waals surface area contributed by atoms with E-state index >= 15 is 0 Å². The highest BCUT2D eigenvalue weighted by Crippen LogP contribution is 2.26. The molecule has 7 nitrogen and oxygen atoms in total. The van der Waals surface area contributed by atoms with Crippen LogP contribution >= 0.6 is 23.8 Å². The lowest BCUT2D eigenvalue weighted by molar-refractivity contribution is 0.513. The first-order valence-corrected chi connectivity index (χ1v) is 10.1. The number of hydrogen-bond acceptors (Lipinski definition) is 4. The lowest BCUT2D eigenvalue weighted by Gasteiger charge is -2.14. The lowest BCUT2D eigenvalue weighted by Crippen LogP contribution is -2.15. The van der Waals surface area contributed by atoms with Crippen LogP contribution < -0.4 is 0 Å². The molecule has 4 rings (SSSR count). The van der Waals surface area contributed by atoms with Crippen LogP contribution in [0.25, 0.3) is 5.69 Å². The van der Waals surface area contributed by atoms with Gasteiger partial charge in [-0.3, -0.25) is 19.0 Å². The number of halogens is 1. The third-order valence-corrected chi connectivity index (χ3v) is 5.84. The molecule has 0 fully saturated rings. The van der Waals surface area contributed by atoms with Gasteiger partial charge in [-0.2, -0.15) is 15.3 Å². The van der Waals surface area contributed by atoms with Gasteiger partial charge >= 0.3 is 0 Å². The van der Waals surface area contributed by atoms with Crippen molar-refractivity contribution in [1.29, 1.82) is 0 Å². The monoisotopic (exact) mass is 427 g/mol. The first-order valence-electron chi connectivity index (χ1n) is 9.32. The second-order valence-corrected chi connectivity index (χ2v) is 7.97. The summed E-state index contributed by atoms with van der Waals surface area (Å²) in [6.07, 6.45) is 3.76. The predicted octanol–water partition coefficient (Wildman–Crippen LogP) is 4.56. The predicted molar refractivity (Wildman–Crippen MR) is 115 cm³/mol. The van der Waals surface area contributed by atoms with Crippen molar-refractivity contribution in [2.45, 2.75) is 40.3 Å². The summed E-state index contributed by atoms with van der Waals surface area (Å²) >= 11 is 11.8. The van der Waals surface area contributed by atoms with Crippen LogP contribution in [0.5, 0.6) is 0 Å². The van der Waals surface area contributed by atoms with Crippen molar-refractivity contribution in [2.75, 3.05) is 0 Å². The highest BCUT2D eigenvalue weighted by molar-refractivity contribution is 7.71. The summed E-state index contributed by atoms with van der Waals surface area (Å²) in [7, 11) is 0. The summed E-state index contributed by atoms with van der Waals surface area (Å²) in [4.78, 5) is 0. The van der Waals surface area contributed by atoms with Gasteiger partial charge in [-0.1, -0.05) is 41.4 Å². The average Bonchev–Trinajstić information content (AvgIpc) is 3.38. The van der Waals surface area contributed by atoms with Crippen LogP contribution in [0, 0.1) is 25.5 Å². The molecule has 1 aromatic carbocycles. The van der Waals surface area contributed by atoms with Crippen LogP contribution in [-0.2, 0) is 6.54 Å². The van der Waals surface area contributed by atoms with Crippen molar-refractivity contribution < 1.29 is 0 Å². The molecule has 150 valence electrons. The second kappa shape index (κ2) is 7.61. The Balaban J connectivity index is 1.67. The Labute approximate surface area is 178 Å². The van der Waals surface area contributed by atoms with E-state index in [2.05, 4.69) is 51.6 Å². The third kappa shape index (κ3) is 3.65. The summed E-state index contributed by atoms with van der Waals surface area (Å²) < 4.78 is 6.16. The Kier molecular flexibility index (Phi) is 5.14. The van der Waals surface area contributed by atoms with E-state index in [1.165, 1.54) is 11.1 Å². The number of hydrogen-bond donors (Lipinski definition) is 1. The average molecular weight is 428 g/mol. The highest BCUT2D eigenvalue weighted by atomic mass is 35.5. The number of aromatic nitrogens is 7. The zero-order chi connectivity index (χ0) is 20.7. The molecule has 1 unspecified atom stereocenters. The first kappa shape index (κ1) is 19.6. The molecular weight excluding hydrogens is 406 g/mol. The van der Waals surface area contributed by atoms with Crippen LogP contribution in [0.1, 0.15) is 41.3 Å². The summed E-state index contributed by atoms with van der Waals surface area (Å²) in [5.74, 6) is 0.743. The molecule has 29 heavy (non-hydrogen) atoms. The van der Waals surface area contributed by atoms with Crippen LogP contribution in [0.2, 0.25) is 5.02 Å². The fourth-order valence-electron chi connectivity index (χ4n) is 3.40. The quantitative estimate of drug-likeness (QED) is 0.474. The second-order valence-electron chi connectivity index (χ2n) is 7.21. The fourth-order valence-corrected chi connectivity index (χ4v) is 3.77. The number of nitrogens with zero attached hydrogens (tertiary/aromatic N) is 6. The molecule has 0 amide bonds. The minimum Gasteiger partial charge on any atom is -0.267 e. The van der Waals surface area contributed by atoms with Gasteiger partial charge < -0.3 is 0 Å². The van der Waals surface area contributed by atoms with Crippen molar-refractivity contribution in [3.05, 3.63) is 74.8 Å². The summed E-state index contributed by atoms with van der Waals surface area (Å²) in [5.41, 5.74) is 4.97. The van der Waals surface area contributed by atoms with Gasteiger partial charge in [-0.25, -0.2) is 0 Å². The largest absolute Gasteiger partial charge is 0.267 e. The molecule has 0 radical (unpaired) electrons. The van der Waals surface area contributed by atoms with Crippen molar-refractivity contribution >= 4 is 23.8 Å². The molecule has 0 bridgehead atoms. The Hall–Kier alpha value is -2.71. The SMILES string of the molecule is Cc1ccc(Cn2cc(-n3c(C(C)n4nc(C)c(Cl)c4C)n[nH]c3=S)cn2)cc1. The topological polar surface area (TPSA) is 69.2 Å². The maximum absolute atomic E-state index is 6.33. The summed E-state index contributed by atoms with van der Waals surface area (Å²) in [5, 5.41) is 17.1. The normalized spacial score (nSPS) is 12.4. The molecule has 9 heteroatoms. The standard InChI is InChI=1S/C20H22ClN7S/c1-12-5-7-16(8-6-12)10-26-11-17(9-22-26)27-19(23-24-20(27)29)15(4)28-14(3)18(21)13(2)25-28/h5-9,11,15H,10H2,1-4H3,(H,24,29). The van der Waals surface area contributed by atoms with Gasteiger partial charge in [0.2, 0.25) is 0 Å². The van der Waals surface area contributed by atoms with E-state index in [4.69, 9.17) is 23.8 Å². The van der Waals surface area contributed by atoms with Crippen LogP contribution in [-0.4, -0.2) is 34.3 Å². The number of H-pyrrole nitrogens is 1. The minimum absolute atomic E-state index is 0.158. The Morgan fingerprint density at radius 1 is 1.17 bits per heavy atom. The van der Waals surface area contributed by atoms with Crippen LogP contribution in [0.15, 0.2) is 36.7 Å². The third-order valence-electron chi connectivity index (χ3n) is 5.02. The van der Waals surface area contributed by atoms with Crippen LogP contribution in [0.4, 0.5) is 0 Å². The Morgan fingerprint density at radius 2 is 1.90 bits per heavy atom. The molecule has 0 aliphatic carbocycles. The molecule has 0 spiro atoms. The summed E-state index contributed by atoms with van der Waals surface area (Å²) in [6, 6.07) is 8.27. The van der Waals surface area contributed by atoms with E-state index in [1.807, 2.05) is 40.9 Å². The Morgan fingerprint density at radius 3 is 2.55 bits per heavy atom. The lowest BCUT2D eigenvalue weighted by atomic mass is 10.1. The molecule has 0 aliphatic rings. The molecule has 1 N–H and O–H groups in total. The van der Waals surface area contributed by atoms with E-state index < -0.39 is 0 Å². The zero-order valence-electron chi connectivity index (χ0n) is 16.7. The van der Waals surface area contributed by atoms with Crippen LogP contribution in [0.3, 0.4) is 0 Å². The molecule has 3 aromatic heterocycles. The van der Waals surface area contributed by atoms with Gasteiger partial charge in [0.25, 0.3) is 0 Å². The first-order chi connectivity index (χ1) is 13.8. The molecule has 0 aliphatic heterocycles. The van der Waals surface area contributed by atoms with Crippen molar-refractivity contribution in [2.24, 2.45) is 0 Å². The van der Waals surface area contributed by atoms with Crippen molar-refractivity contribution in [3.63, 3.8) is 0 Å². The molecular formula is C20H22ClN7S. The van der Waals surface area contributed by atoms with E-state index in [0.29, 0.717) is 16.3 Å². The van der Waals surface area contributed by atoms with E-state index in [1.54, 1.807) is 6.20 Å². The number of benzene rings is 1. The molecule has 1 atom stereocenters. The van der Waals surface area contributed by atoms with E-state index in [0.717, 1.165) is 22.9 Å². The summed E-state index contributed by atoms with van der Waals surface area (Å²) in [6.45, 7) is 8.63. The molecule has 4 aromatic rings. The van der Waals surface area contributed by atoms with Gasteiger partial charge in [0.1, 0.15) is 6.04 Å². The van der Waals surface area contributed by atoms with Gasteiger partial charge in [-0.05, 0) is 45.5 Å². The number of rotatable bonds is 5. The number of aromatic amines is 1.